The van der Waals surface area contributed by atoms with Crippen molar-refractivity contribution in [3.8, 4) is 0 Å². The zero-order chi connectivity index (χ0) is 13.7. The summed E-state index contributed by atoms with van der Waals surface area (Å²) in [7, 11) is 0. The average Bonchev–Trinajstić information content (AvgIpc) is 2.46. The number of rotatable bonds is 4. The largest absolute Gasteiger partial charge is 0.348 e. The van der Waals surface area contributed by atoms with Crippen LogP contribution in [-0.4, -0.2) is 5.91 Å². The third kappa shape index (κ3) is 3.39. The van der Waals surface area contributed by atoms with Gasteiger partial charge >= 0.3 is 0 Å². The van der Waals surface area contributed by atoms with Crippen molar-refractivity contribution >= 4 is 5.91 Å². The molecule has 0 bridgehead atoms. The highest BCUT2D eigenvalue weighted by Crippen LogP contribution is 2.07. The van der Waals surface area contributed by atoms with Gasteiger partial charge in [0.15, 0.2) is 0 Å². The van der Waals surface area contributed by atoms with E-state index in [0.717, 1.165) is 5.56 Å². The van der Waals surface area contributed by atoms with Crippen LogP contribution in [0, 0.1) is 5.82 Å². The van der Waals surface area contributed by atoms with Crippen molar-refractivity contribution in [2.75, 3.05) is 0 Å². The SMILES string of the molecule is NCc1ccc(C(=O)NCc2ccccc2F)cc1. The molecule has 3 N–H and O–H groups in total. The lowest BCUT2D eigenvalue weighted by molar-refractivity contribution is 0.0950. The van der Waals surface area contributed by atoms with Crippen LogP contribution in [0.1, 0.15) is 21.5 Å². The predicted octanol–water partition coefficient (Wildman–Crippen LogP) is 2.21. The predicted molar refractivity (Wildman–Crippen MR) is 71.9 cm³/mol. The molecule has 2 aromatic carbocycles. The number of amides is 1. The molecule has 0 aliphatic carbocycles. The molecule has 0 atom stereocenters. The minimum atomic E-state index is -0.318. The molecule has 2 rings (SSSR count). The summed E-state index contributed by atoms with van der Waals surface area (Å²) in [5, 5.41) is 2.68. The van der Waals surface area contributed by atoms with E-state index in [1.807, 2.05) is 0 Å². The van der Waals surface area contributed by atoms with Gasteiger partial charge in [-0.05, 0) is 23.8 Å². The summed E-state index contributed by atoms with van der Waals surface area (Å²) >= 11 is 0. The van der Waals surface area contributed by atoms with Gasteiger partial charge in [0.05, 0.1) is 0 Å². The molecule has 0 saturated heterocycles. The van der Waals surface area contributed by atoms with E-state index in [0.29, 0.717) is 17.7 Å². The second-order valence-corrected chi connectivity index (χ2v) is 4.18. The first-order chi connectivity index (χ1) is 9.20. The highest BCUT2D eigenvalue weighted by atomic mass is 19.1. The topological polar surface area (TPSA) is 55.1 Å². The van der Waals surface area contributed by atoms with E-state index in [4.69, 9.17) is 5.73 Å². The first kappa shape index (κ1) is 13.2. The lowest BCUT2D eigenvalue weighted by atomic mass is 10.1. The van der Waals surface area contributed by atoms with Crippen molar-refractivity contribution in [3.05, 3.63) is 71.0 Å². The van der Waals surface area contributed by atoms with Gasteiger partial charge in [-0.25, -0.2) is 4.39 Å². The van der Waals surface area contributed by atoms with Crippen LogP contribution >= 0.6 is 0 Å². The summed E-state index contributed by atoms with van der Waals surface area (Å²) in [6.45, 7) is 0.612. The molecular formula is C15H15FN2O. The summed E-state index contributed by atoms with van der Waals surface area (Å²) < 4.78 is 13.4. The zero-order valence-electron chi connectivity index (χ0n) is 10.4. The summed E-state index contributed by atoms with van der Waals surface area (Å²) in [5.74, 6) is -0.548. The van der Waals surface area contributed by atoms with Crippen LogP contribution in [-0.2, 0) is 13.1 Å². The number of hydrogen-bond acceptors (Lipinski definition) is 2. The highest BCUT2D eigenvalue weighted by molar-refractivity contribution is 5.94. The van der Waals surface area contributed by atoms with Crippen molar-refractivity contribution < 1.29 is 9.18 Å². The normalized spacial score (nSPS) is 10.2. The van der Waals surface area contributed by atoms with Crippen molar-refractivity contribution in [3.63, 3.8) is 0 Å². The molecule has 0 saturated carbocycles. The lowest BCUT2D eigenvalue weighted by Gasteiger charge is -2.06. The number of carbonyl (C=O) groups is 1. The maximum atomic E-state index is 13.4. The summed E-state index contributed by atoms with van der Waals surface area (Å²) in [6.07, 6.45) is 0. The number of nitrogens with one attached hydrogen (secondary N) is 1. The van der Waals surface area contributed by atoms with Gasteiger partial charge < -0.3 is 11.1 Å². The van der Waals surface area contributed by atoms with Crippen LogP contribution in [0.4, 0.5) is 4.39 Å². The van der Waals surface area contributed by atoms with Crippen LogP contribution in [0.5, 0.6) is 0 Å². The third-order valence-electron chi connectivity index (χ3n) is 2.85. The molecule has 4 heteroatoms. The fourth-order valence-corrected chi connectivity index (χ4v) is 1.71. The van der Waals surface area contributed by atoms with Gasteiger partial charge in [0.25, 0.3) is 5.91 Å². The molecule has 0 spiro atoms. The number of nitrogens with two attached hydrogens (primary N) is 1. The van der Waals surface area contributed by atoms with Crippen LogP contribution in [0.3, 0.4) is 0 Å². The minimum Gasteiger partial charge on any atom is -0.348 e. The van der Waals surface area contributed by atoms with Crippen molar-refractivity contribution in [2.45, 2.75) is 13.1 Å². The Bertz CT molecular complexity index is 567. The van der Waals surface area contributed by atoms with Crippen LogP contribution in [0.25, 0.3) is 0 Å². The number of carbonyl (C=O) groups excluding carboxylic acids is 1. The Labute approximate surface area is 111 Å². The van der Waals surface area contributed by atoms with E-state index < -0.39 is 0 Å². The molecule has 0 aliphatic rings. The molecule has 0 fully saturated rings. The molecule has 0 aromatic heterocycles. The second-order valence-electron chi connectivity index (χ2n) is 4.18. The number of benzene rings is 2. The Morgan fingerprint density at radius 2 is 1.79 bits per heavy atom. The smallest absolute Gasteiger partial charge is 0.251 e. The Kier molecular flexibility index (Phi) is 4.26. The second kappa shape index (κ2) is 6.11. The molecule has 98 valence electrons. The van der Waals surface area contributed by atoms with E-state index in [1.54, 1.807) is 42.5 Å². The average molecular weight is 258 g/mol. The number of hydrogen-bond donors (Lipinski definition) is 2. The molecule has 0 heterocycles. The third-order valence-corrected chi connectivity index (χ3v) is 2.85. The molecule has 1 amide bonds. The summed E-state index contributed by atoms with van der Waals surface area (Å²) in [4.78, 5) is 11.9. The monoisotopic (exact) mass is 258 g/mol. The Morgan fingerprint density at radius 1 is 1.11 bits per heavy atom. The van der Waals surface area contributed by atoms with Gasteiger partial charge in [0.1, 0.15) is 5.82 Å². The minimum absolute atomic E-state index is 0.171. The Balaban J connectivity index is 1.99. The van der Waals surface area contributed by atoms with Crippen molar-refractivity contribution in [1.82, 2.24) is 5.32 Å². The van der Waals surface area contributed by atoms with Crippen LogP contribution in [0.15, 0.2) is 48.5 Å². The molecule has 3 nitrogen and oxygen atoms in total. The highest BCUT2D eigenvalue weighted by Gasteiger charge is 2.06. The quantitative estimate of drug-likeness (QED) is 0.883. The standard InChI is InChI=1S/C15H15FN2O/c16-14-4-2-1-3-13(14)10-18-15(19)12-7-5-11(9-17)6-8-12/h1-8H,9-10,17H2,(H,18,19). The van der Waals surface area contributed by atoms with E-state index in [1.165, 1.54) is 6.07 Å². The first-order valence-corrected chi connectivity index (χ1v) is 6.01. The zero-order valence-corrected chi connectivity index (χ0v) is 10.4. The van der Waals surface area contributed by atoms with E-state index in [2.05, 4.69) is 5.32 Å². The Morgan fingerprint density at radius 3 is 2.42 bits per heavy atom. The van der Waals surface area contributed by atoms with E-state index in [9.17, 15) is 9.18 Å². The lowest BCUT2D eigenvalue weighted by Crippen LogP contribution is -2.23. The van der Waals surface area contributed by atoms with Gasteiger partial charge in [-0.3, -0.25) is 4.79 Å². The van der Waals surface area contributed by atoms with Gasteiger partial charge in [-0.1, -0.05) is 30.3 Å². The van der Waals surface area contributed by atoms with Crippen LogP contribution < -0.4 is 11.1 Å². The van der Waals surface area contributed by atoms with E-state index >= 15 is 0 Å². The van der Waals surface area contributed by atoms with E-state index in [-0.39, 0.29) is 18.3 Å². The fraction of sp³-hybridized carbons (Fsp3) is 0.133. The molecule has 19 heavy (non-hydrogen) atoms. The van der Waals surface area contributed by atoms with Gasteiger partial charge in [-0.15, -0.1) is 0 Å². The maximum absolute atomic E-state index is 13.4. The van der Waals surface area contributed by atoms with Crippen LogP contribution in [0.2, 0.25) is 0 Å². The molecule has 0 aliphatic heterocycles. The molecule has 0 unspecified atom stereocenters. The van der Waals surface area contributed by atoms with Gasteiger partial charge in [0.2, 0.25) is 0 Å². The Hall–Kier alpha value is -2.20. The summed E-state index contributed by atoms with van der Waals surface area (Å²) in [6, 6.07) is 13.4. The van der Waals surface area contributed by atoms with Crippen molar-refractivity contribution in [1.29, 1.82) is 0 Å². The molecule has 0 radical (unpaired) electrons. The maximum Gasteiger partial charge on any atom is 0.251 e. The summed E-state index contributed by atoms with van der Waals surface area (Å²) in [5.41, 5.74) is 7.45. The molecule has 2 aromatic rings. The van der Waals surface area contributed by atoms with Crippen molar-refractivity contribution in [2.24, 2.45) is 5.73 Å². The fourth-order valence-electron chi connectivity index (χ4n) is 1.71. The number of halogens is 1. The van der Waals surface area contributed by atoms with Gasteiger partial charge in [-0.2, -0.15) is 0 Å². The first-order valence-electron chi connectivity index (χ1n) is 6.01. The van der Waals surface area contributed by atoms with Gasteiger partial charge in [0, 0.05) is 24.2 Å². The molecular weight excluding hydrogens is 243 g/mol.